The minimum atomic E-state index is 0.986. The van der Waals surface area contributed by atoms with Crippen molar-refractivity contribution < 1.29 is 0 Å². The minimum Gasteiger partial charge on any atom is -0.361 e. The molecule has 0 spiro atoms. The van der Waals surface area contributed by atoms with Crippen molar-refractivity contribution in [3.05, 3.63) is 36.4 Å². The Kier molecular flexibility index (Phi) is 1.16. The lowest BCUT2D eigenvalue weighted by Crippen LogP contribution is -1.98. The topological polar surface area (TPSA) is 37.8 Å². The molecule has 0 saturated heterocycles. The van der Waals surface area contributed by atoms with Crippen LogP contribution in [0.4, 0.5) is 5.69 Å². The van der Waals surface area contributed by atoms with Gasteiger partial charge in [0, 0.05) is 24.0 Å². The van der Waals surface area contributed by atoms with Crippen LogP contribution in [0.5, 0.6) is 0 Å². The Morgan fingerprint density at radius 2 is 2.00 bits per heavy atom. The van der Waals surface area contributed by atoms with E-state index in [9.17, 15) is 0 Å². The minimum absolute atomic E-state index is 0.986. The molecule has 2 aromatic rings. The molecule has 1 N–H and O–H groups in total. The molecule has 0 aromatic carbocycles. The fourth-order valence-corrected chi connectivity index (χ4v) is 1.58. The predicted octanol–water partition coefficient (Wildman–Crippen LogP) is 2.03. The quantitative estimate of drug-likeness (QED) is 0.655. The normalized spacial score (nSPS) is 12.9. The molecule has 62 valence electrons. The molecule has 0 atom stereocenters. The Balaban J connectivity index is 2.56. The van der Waals surface area contributed by atoms with Crippen molar-refractivity contribution in [3.8, 4) is 0 Å². The monoisotopic (exact) mass is 169 g/mol. The number of nitrogens with zero attached hydrogens (tertiary/aromatic N) is 2. The molecule has 1 aliphatic heterocycles. The Hall–Kier alpha value is -1.90. The predicted molar refractivity (Wildman–Crippen MR) is 52.2 cm³/mol. The molecule has 3 heterocycles. The van der Waals surface area contributed by atoms with Gasteiger partial charge >= 0.3 is 0 Å². The lowest BCUT2D eigenvalue weighted by Gasteiger charge is -2.11. The summed E-state index contributed by atoms with van der Waals surface area (Å²) in [4.78, 5) is 8.54. The molecule has 0 amide bonds. The van der Waals surface area contributed by atoms with E-state index in [1.807, 2.05) is 24.4 Å². The molecule has 0 bridgehead atoms. The number of rotatable bonds is 0. The zero-order valence-electron chi connectivity index (χ0n) is 6.86. The summed E-state index contributed by atoms with van der Waals surface area (Å²) in [6, 6.07) is 3.88. The smallest absolute Gasteiger partial charge is 0.0760 e. The Bertz CT molecular complexity index is 497. The van der Waals surface area contributed by atoms with E-state index in [4.69, 9.17) is 0 Å². The summed E-state index contributed by atoms with van der Waals surface area (Å²) in [5, 5.41) is 4.27. The molecule has 3 heteroatoms. The number of pyridine rings is 2. The van der Waals surface area contributed by atoms with E-state index in [0.717, 1.165) is 22.3 Å². The van der Waals surface area contributed by atoms with Crippen molar-refractivity contribution in [2.24, 2.45) is 0 Å². The third-order valence-corrected chi connectivity index (χ3v) is 2.16. The van der Waals surface area contributed by atoms with E-state index in [-0.39, 0.29) is 0 Å². The van der Waals surface area contributed by atoms with Crippen LogP contribution in [0.2, 0.25) is 0 Å². The van der Waals surface area contributed by atoms with E-state index in [1.165, 1.54) is 0 Å². The van der Waals surface area contributed by atoms with Crippen molar-refractivity contribution in [2.75, 3.05) is 5.32 Å². The molecular formula is C10H7N3. The fraction of sp³-hybridized carbons (Fsp3) is 0. The van der Waals surface area contributed by atoms with Crippen LogP contribution in [-0.2, 0) is 0 Å². The van der Waals surface area contributed by atoms with E-state index in [1.54, 1.807) is 12.4 Å². The maximum absolute atomic E-state index is 4.27. The Labute approximate surface area is 75.1 Å². The summed E-state index contributed by atoms with van der Waals surface area (Å²) in [6.45, 7) is 0. The zero-order chi connectivity index (χ0) is 8.67. The van der Waals surface area contributed by atoms with E-state index in [2.05, 4.69) is 15.3 Å². The molecule has 1 aliphatic rings. The molecule has 0 fully saturated rings. The number of nitrogens with one attached hydrogen (secondary N) is 1. The van der Waals surface area contributed by atoms with Gasteiger partial charge in [-0.15, -0.1) is 0 Å². The lowest BCUT2D eigenvalue weighted by molar-refractivity contribution is 1.29. The molecule has 3 nitrogen and oxygen atoms in total. The second-order valence-electron chi connectivity index (χ2n) is 2.93. The van der Waals surface area contributed by atoms with Gasteiger partial charge in [0.2, 0.25) is 0 Å². The first-order valence-electron chi connectivity index (χ1n) is 4.12. The van der Waals surface area contributed by atoms with Gasteiger partial charge in [-0.3, -0.25) is 9.97 Å². The van der Waals surface area contributed by atoms with E-state index in [0.29, 0.717) is 0 Å². The maximum Gasteiger partial charge on any atom is 0.0760 e. The summed E-state index contributed by atoms with van der Waals surface area (Å²) in [6.07, 6.45) is 7.43. The molecule has 0 aliphatic carbocycles. The molecule has 2 aromatic heterocycles. The van der Waals surface area contributed by atoms with Crippen LogP contribution in [0.15, 0.2) is 30.7 Å². The summed E-state index contributed by atoms with van der Waals surface area (Å²) in [5.41, 5.74) is 3.05. The van der Waals surface area contributed by atoms with Crippen molar-refractivity contribution >= 4 is 22.7 Å². The molecular weight excluding hydrogens is 162 g/mol. The summed E-state index contributed by atoms with van der Waals surface area (Å²) in [5.74, 6) is 0. The first kappa shape index (κ1) is 6.60. The highest BCUT2D eigenvalue weighted by Gasteiger charge is 2.08. The third kappa shape index (κ3) is 0.839. The average Bonchev–Trinajstić information content (AvgIpc) is 2.19. The number of hydrogen-bond donors (Lipinski definition) is 1. The first-order chi connectivity index (χ1) is 6.45. The van der Waals surface area contributed by atoms with Gasteiger partial charge in [0.25, 0.3) is 0 Å². The van der Waals surface area contributed by atoms with Crippen molar-refractivity contribution in [2.45, 2.75) is 0 Å². The van der Waals surface area contributed by atoms with Crippen LogP contribution >= 0.6 is 0 Å². The largest absolute Gasteiger partial charge is 0.361 e. The van der Waals surface area contributed by atoms with Crippen LogP contribution in [0, 0.1) is 0 Å². The van der Waals surface area contributed by atoms with E-state index >= 15 is 0 Å². The third-order valence-electron chi connectivity index (χ3n) is 2.16. The SMILES string of the molecule is C1=Cc2nccc3nccc(c23)N1. The van der Waals surface area contributed by atoms with Gasteiger partial charge in [-0.25, -0.2) is 0 Å². The number of hydrogen-bond acceptors (Lipinski definition) is 3. The van der Waals surface area contributed by atoms with Crippen molar-refractivity contribution in [3.63, 3.8) is 0 Å². The zero-order valence-corrected chi connectivity index (χ0v) is 6.86. The van der Waals surface area contributed by atoms with Gasteiger partial charge < -0.3 is 5.32 Å². The molecule has 0 radical (unpaired) electrons. The average molecular weight is 169 g/mol. The molecule has 0 unspecified atom stereocenters. The van der Waals surface area contributed by atoms with Crippen molar-refractivity contribution in [1.82, 2.24) is 9.97 Å². The second-order valence-corrected chi connectivity index (χ2v) is 2.93. The summed E-state index contributed by atoms with van der Waals surface area (Å²) in [7, 11) is 0. The Morgan fingerprint density at radius 1 is 1.08 bits per heavy atom. The highest BCUT2D eigenvalue weighted by Crippen LogP contribution is 2.27. The van der Waals surface area contributed by atoms with Crippen LogP contribution < -0.4 is 5.32 Å². The maximum atomic E-state index is 4.27. The molecule has 3 rings (SSSR count). The van der Waals surface area contributed by atoms with Gasteiger partial charge in [0.05, 0.1) is 16.9 Å². The summed E-state index contributed by atoms with van der Waals surface area (Å²) < 4.78 is 0. The number of aromatic nitrogens is 2. The van der Waals surface area contributed by atoms with E-state index < -0.39 is 0 Å². The Morgan fingerprint density at radius 3 is 3.00 bits per heavy atom. The number of anilines is 1. The molecule has 0 saturated carbocycles. The van der Waals surface area contributed by atoms with Crippen molar-refractivity contribution in [1.29, 1.82) is 0 Å². The molecule has 13 heavy (non-hydrogen) atoms. The van der Waals surface area contributed by atoms with Gasteiger partial charge in [-0.2, -0.15) is 0 Å². The highest BCUT2D eigenvalue weighted by atomic mass is 14.9. The first-order valence-corrected chi connectivity index (χ1v) is 4.12. The van der Waals surface area contributed by atoms with Crippen LogP contribution in [0.1, 0.15) is 5.69 Å². The van der Waals surface area contributed by atoms with Gasteiger partial charge in [-0.05, 0) is 18.2 Å². The summed E-state index contributed by atoms with van der Waals surface area (Å²) >= 11 is 0. The van der Waals surface area contributed by atoms with Crippen LogP contribution in [-0.4, -0.2) is 9.97 Å². The van der Waals surface area contributed by atoms with Crippen LogP contribution in [0.25, 0.3) is 17.0 Å². The van der Waals surface area contributed by atoms with Crippen LogP contribution in [0.3, 0.4) is 0 Å². The van der Waals surface area contributed by atoms with Gasteiger partial charge in [0.15, 0.2) is 0 Å². The second kappa shape index (κ2) is 2.29. The highest BCUT2D eigenvalue weighted by molar-refractivity contribution is 5.98. The van der Waals surface area contributed by atoms with Gasteiger partial charge in [-0.1, -0.05) is 0 Å². The fourth-order valence-electron chi connectivity index (χ4n) is 1.58. The lowest BCUT2D eigenvalue weighted by atomic mass is 10.1. The standard InChI is InChI=1S/C10H7N3/c1-4-11-8-3-6-13-9-2-5-12-7(1)10(8)9/h1-6,11H. The van der Waals surface area contributed by atoms with Gasteiger partial charge in [0.1, 0.15) is 0 Å².